The van der Waals surface area contributed by atoms with Crippen LogP contribution in [0.4, 0.5) is 9.18 Å². The number of hydrogen-bond donors (Lipinski definition) is 1. The molecule has 0 saturated carbocycles. The van der Waals surface area contributed by atoms with Crippen LogP contribution < -0.4 is 5.32 Å². The summed E-state index contributed by atoms with van der Waals surface area (Å²) in [6.07, 6.45) is 2.02. The van der Waals surface area contributed by atoms with E-state index in [2.05, 4.69) is 5.32 Å². The monoisotopic (exact) mass is 291 g/mol. The summed E-state index contributed by atoms with van der Waals surface area (Å²) < 4.78 is 13.9. The van der Waals surface area contributed by atoms with Crippen LogP contribution in [0, 0.1) is 12.7 Å². The minimum atomic E-state index is -0.219. The number of amides is 2. The second-order valence-electron chi connectivity index (χ2n) is 5.97. The molecule has 2 fully saturated rings. The maximum absolute atomic E-state index is 13.9. The molecule has 3 rings (SSSR count). The first kappa shape index (κ1) is 14.3. The van der Waals surface area contributed by atoms with Gasteiger partial charge in [-0.15, -0.1) is 0 Å². The summed E-state index contributed by atoms with van der Waals surface area (Å²) >= 11 is 0. The molecule has 0 radical (unpaired) electrons. The zero-order valence-electron chi connectivity index (χ0n) is 12.4. The van der Waals surface area contributed by atoms with E-state index in [4.69, 9.17) is 0 Å². The van der Waals surface area contributed by atoms with Gasteiger partial charge >= 0.3 is 6.03 Å². The van der Waals surface area contributed by atoms with Crippen molar-refractivity contribution in [2.45, 2.75) is 32.4 Å². The van der Waals surface area contributed by atoms with E-state index in [0.29, 0.717) is 24.7 Å². The van der Waals surface area contributed by atoms with E-state index in [1.165, 1.54) is 6.07 Å². The van der Waals surface area contributed by atoms with Crippen LogP contribution in [-0.4, -0.2) is 48.1 Å². The highest BCUT2D eigenvalue weighted by Crippen LogP contribution is 2.21. The zero-order valence-corrected chi connectivity index (χ0v) is 12.4. The van der Waals surface area contributed by atoms with Gasteiger partial charge in [0, 0.05) is 24.7 Å². The van der Waals surface area contributed by atoms with Crippen molar-refractivity contribution in [1.82, 2.24) is 15.1 Å². The van der Waals surface area contributed by atoms with Crippen LogP contribution in [-0.2, 0) is 6.54 Å². The molecule has 1 aromatic carbocycles. The molecular formula is C16H22FN3O. The molecule has 0 spiro atoms. The van der Waals surface area contributed by atoms with Crippen LogP contribution in [0.1, 0.15) is 24.0 Å². The van der Waals surface area contributed by atoms with Crippen molar-refractivity contribution in [3.8, 4) is 0 Å². The number of nitrogens with one attached hydrogen (secondary N) is 1. The average Bonchev–Trinajstić information content (AvgIpc) is 2.84. The topological polar surface area (TPSA) is 35.6 Å². The largest absolute Gasteiger partial charge is 0.320 e. The fourth-order valence-electron chi connectivity index (χ4n) is 3.19. The van der Waals surface area contributed by atoms with Gasteiger partial charge in [0.05, 0.1) is 6.54 Å². The van der Waals surface area contributed by atoms with E-state index in [9.17, 15) is 9.18 Å². The summed E-state index contributed by atoms with van der Waals surface area (Å²) in [6, 6.07) is 5.60. The van der Waals surface area contributed by atoms with Crippen molar-refractivity contribution in [2.24, 2.45) is 0 Å². The molecular weight excluding hydrogens is 269 g/mol. The molecule has 0 aromatic heterocycles. The van der Waals surface area contributed by atoms with Crippen LogP contribution in [0.25, 0.3) is 0 Å². The molecule has 4 nitrogen and oxygen atoms in total. The summed E-state index contributed by atoms with van der Waals surface area (Å²) in [5.74, 6) is -0.219. The molecule has 0 aliphatic carbocycles. The highest BCUT2D eigenvalue weighted by Gasteiger charge is 2.34. The maximum Gasteiger partial charge on any atom is 0.320 e. The molecule has 114 valence electrons. The van der Waals surface area contributed by atoms with Gasteiger partial charge in [0.1, 0.15) is 5.82 Å². The number of carbonyl (C=O) groups excluding carboxylic acids is 1. The molecule has 1 aromatic rings. The Bertz CT molecular complexity index is 528. The third-order valence-electron chi connectivity index (χ3n) is 4.45. The van der Waals surface area contributed by atoms with E-state index < -0.39 is 0 Å². The average molecular weight is 291 g/mol. The minimum absolute atomic E-state index is 0.0573. The normalized spacial score (nSPS) is 20.4. The van der Waals surface area contributed by atoms with Gasteiger partial charge in [-0.05, 0) is 44.5 Å². The molecule has 2 saturated heterocycles. The third kappa shape index (κ3) is 3.02. The van der Waals surface area contributed by atoms with E-state index in [-0.39, 0.29) is 11.8 Å². The van der Waals surface area contributed by atoms with Crippen LogP contribution in [0.2, 0.25) is 0 Å². The number of carbonyl (C=O) groups is 1. The number of nitrogens with zero attached hydrogens (tertiary/aromatic N) is 2. The van der Waals surface area contributed by atoms with Gasteiger partial charge in [-0.2, -0.15) is 0 Å². The van der Waals surface area contributed by atoms with Crippen LogP contribution in [0.3, 0.4) is 0 Å². The fourth-order valence-corrected chi connectivity index (χ4v) is 3.19. The maximum atomic E-state index is 13.9. The summed E-state index contributed by atoms with van der Waals surface area (Å²) in [5.41, 5.74) is 1.50. The number of halogens is 1. The predicted octanol–water partition coefficient (Wildman–Crippen LogP) is 2.12. The van der Waals surface area contributed by atoms with E-state index in [1.807, 2.05) is 17.9 Å². The van der Waals surface area contributed by atoms with Gasteiger partial charge in [-0.1, -0.05) is 12.1 Å². The second kappa shape index (κ2) is 6.02. The molecule has 1 N–H and O–H groups in total. The lowest BCUT2D eigenvalue weighted by atomic mass is 10.1. The first-order chi connectivity index (χ1) is 10.1. The van der Waals surface area contributed by atoms with E-state index in [0.717, 1.165) is 38.0 Å². The lowest BCUT2D eigenvalue weighted by molar-refractivity contribution is 0.164. The van der Waals surface area contributed by atoms with E-state index >= 15 is 0 Å². The van der Waals surface area contributed by atoms with Crippen molar-refractivity contribution < 1.29 is 9.18 Å². The SMILES string of the molecule is Cc1ccc(CN2CCN(C3CCNCC3)C2=O)c(F)c1. The van der Waals surface area contributed by atoms with Crippen molar-refractivity contribution in [1.29, 1.82) is 0 Å². The first-order valence-electron chi connectivity index (χ1n) is 7.66. The Morgan fingerprint density at radius 1 is 1.29 bits per heavy atom. The van der Waals surface area contributed by atoms with Crippen LogP contribution in [0.15, 0.2) is 18.2 Å². The smallest absolute Gasteiger partial charge is 0.320 e. The number of rotatable bonds is 3. The number of piperidine rings is 1. The summed E-state index contributed by atoms with van der Waals surface area (Å²) in [6.45, 7) is 5.63. The Hall–Kier alpha value is -1.62. The minimum Gasteiger partial charge on any atom is -0.320 e. The van der Waals surface area contributed by atoms with Crippen molar-refractivity contribution in [2.75, 3.05) is 26.2 Å². The predicted molar refractivity (Wildman–Crippen MR) is 79.5 cm³/mol. The first-order valence-corrected chi connectivity index (χ1v) is 7.66. The van der Waals surface area contributed by atoms with Gasteiger partial charge < -0.3 is 15.1 Å². The molecule has 21 heavy (non-hydrogen) atoms. The Labute approximate surface area is 124 Å². The van der Waals surface area contributed by atoms with Gasteiger partial charge in [-0.25, -0.2) is 9.18 Å². The van der Waals surface area contributed by atoms with Crippen LogP contribution >= 0.6 is 0 Å². The molecule has 0 atom stereocenters. The molecule has 2 heterocycles. The van der Waals surface area contributed by atoms with Gasteiger partial charge in [-0.3, -0.25) is 0 Å². The van der Waals surface area contributed by atoms with Crippen molar-refractivity contribution >= 4 is 6.03 Å². The van der Waals surface area contributed by atoms with Crippen molar-refractivity contribution in [3.05, 3.63) is 35.1 Å². The molecule has 2 aliphatic heterocycles. The third-order valence-corrected chi connectivity index (χ3v) is 4.45. The summed E-state index contributed by atoms with van der Waals surface area (Å²) in [5, 5.41) is 3.32. The lowest BCUT2D eigenvalue weighted by Gasteiger charge is -2.31. The highest BCUT2D eigenvalue weighted by atomic mass is 19.1. The molecule has 0 unspecified atom stereocenters. The second-order valence-corrected chi connectivity index (χ2v) is 5.97. The summed E-state index contributed by atoms with van der Waals surface area (Å²) in [7, 11) is 0. The number of aryl methyl sites for hydroxylation is 1. The number of hydrogen-bond acceptors (Lipinski definition) is 2. The number of urea groups is 1. The molecule has 0 bridgehead atoms. The van der Waals surface area contributed by atoms with E-state index in [1.54, 1.807) is 11.0 Å². The number of benzene rings is 1. The standard InChI is InChI=1S/C16H22FN3O/c1-12-2-3-13(15(17)10-12)11-19-8-9-20(16(19)21)14-4-6-18-7-5-14/h2-3,10,14,18H,4-9,11H2,1H3. The Kier molecular flexibility index (Phi) is 4.10. The zero-order chi connectivity index (χ0) is 14.8. The Balaban J connectivity index is 1.66. The Morgan fingerprint density at radius 3 is 2.76 bits per heavy atom. The van der Waals surface area contributed by atoms with Crippen molar-refractivity contribution in [3.63, 3.8) is 0 Å². The molecule has 2 amide bonds. The molecule has 2 aliphatic rings. The molecule has 5 heteroatoms. The Morgan fingerprint density at radius 2 is 2.05 bits per heavy atom. The lowest BCUT2D eigenvalue weighted by Crippen LogP contribution is -2.45. The van der Waals surface area contributed by atoms with Gasteiger partial charge in [0.2, 0.25) is 0 Å². The quantitative estimate of drug-likeness (QED) is 0.926. The fraction of sp³-hybridized carbons (Fsp3) is 0.562. The van der Waals surface area contributed by atoms with Crippen LogP contribution in [0.5, 0.6) is 0 Å². The van der Waals surface area contributed by atoms with Gasteiger partial charge in [0.15, 0.2) is 0 Å². The van der Waals surface area contributed by atoms with Gasteiger partial charge in [0.25, 0.3) is 0 Å². The highest BCUT2D eigenvalue weighted by molar-refractivity contribution is 5.77. The summed E-state index contributed by atoms with van der Waals surface area (Å²) in [4.78, 5) is 16.2.